The minimum atomic E-state index is -3.49. The van der Waals surface area contributed by atoms with E-state index in [4.69, 9.17) is 11.6 Å². The van der Waals surface area contributed by atoms with Crippen molar-refractivity contribution < 1.29 is 8.42 Å². The first kappa shape index (κ1) is 19.2. The summed E-state index contributed by atoms with van der Waals surface area (Å²) in [5, 5.41) is 0.582. The Morgan fingerprint density at radius 2 is 1.42 bits per heavy atom. The summed E-state index contributed by atoms with van der Waals surface area (Å²) in [7, 11) is -3.49. The van der Waals surface area contributed by atoms with Crippen molar-refractivity contribution >= 4 is 27.3 Å². The van der Waals surface area contributed by atoms with E-state index in [-0.39, 0.29) is 0 Å². The smallest absolute Gasteiger partial charge is 0.243 e. The van der Waals surface area contributed by atoms with Gasteiger partial charge in [-0.05, 0) is 62.6 Å². The number of piperazine rings is 1. The average molecular weight is 393 g/mol. The summed E-state index contributed by atoms with van der Waals surface area (Å²) in [5.41, 5.74) is 5.75. The maximum atomic E-state index is 12.9. The molecule has 1 saturated heterocycles. The molecule has 0 saturated carbocycles. The first-order valence-electron chi connectivity index (χ1n) is 8.79. The molecule has 1 aliphatic rings. The third-order valence-corrected chi connectivity index (χ3v) is 7.28. The van der Waals surface area contributed by atoms with E-state index in [1.165, 1.54) is 22.4 Å². The number of aryl methyl sites for hydroxylation is 4. The predicted molar refractivity (Wildman–Crippen MR) is 108 cm³/mol. The highest BCUT2D eigenvalue weighted by Gasteiger charge is 2.29. The van der Waals surface area contributed by atoms with Gasteiger partial charge in [-0.15, -0.1) is 0 Å². The zero-order chi connectivity index (χ0) is 19.1. The number of sulfonamides is 1. The fourth-order valence-corrected chi connectivity index (χ4v) is 5.38. The van der Waals surface area contributed by atoms with Gasteiger partial charge in [0.15, 0.2) is 0 Å². The van der Waals surface area contributed by atoms with Crippen molar-refractivity contribution in [1.82, 2.24) is 4.31 Å². The van der Waals surface area contributed by atoms with Crippen molar-refractivity contribution in [2.45, 2.75) is 32.6 Å². The lowest BCUT2D eigenvalue weighted by atomic mass is 10.0. The highest BCUT2D eigenvalue weighted by atomic mass is 35.5. The Morgan fingerprint density at radius 1 is 0.846 bits per heavy atom. The normalized spacial score (nSPS) is 16.1. The van der Waals surface area contributed by atoms with Crippen LogP contribution < -0.4 is 4.90 Å². The molecule has 0 bridgehead atoms. The molecule has 4 nitrogen and oxygen atoms in total. The molecule has 0 unspecified atom stereocenters. The molecular weight excluding hydrogens is 368 g/mol. The van der Waals surface area contributed by atoms with Crippen LogP contribution in [0, 0.1) is 27.7 Å². The van der Waals surface area contributed by atoms with Gasteiger partial charge in [-0.2, -0.15) is 4.31 Å². The molecule has 0 aliphatic carbocycles. The van der Waals surface area contributed by atoms with Gasteiger partial charge in [-0.1, -0.05) is 29.3 Å². The Morgan fingerprint density at radius 3 is 1.96 bits per heavy atom. The van der Waals surface area contributed by atoms with E-state index in [1.54, 1.807) is 22.5 Å². The first-order chi connectivity index (χ1) is 12.2. The molecule has 0 atom stereocenters. The first-order valence-corrected chi connectivity index (χ1v) is 10.6. The number of benzene rings is 2. The lowest BCUT2D eigenvalue weighted by Crippen LogP contribution is -2.49. The summed E-state index contributed by atoms with van der Waals surface area (Å²) >= 11 is 6.03. The van der Waals surface area contributed by atoms with E-state index in [2.05, 4.69) is 37.8 Å². The second-order valence-electron chi connectivity index (χ2n) is 7.05. The molecule has 0 aromatic heterocycles. The van der Waals surface area contributed by atoms with Crippen LogP contribution >= 0.6 is 11.6 Å². The molecule has 0 spiro atoms. The van der Waals surface area contributed by atoms with E-state index in [9.17, 15) is 8.42 Å². The highest BCUT2D eigenvalue weighted by Crippen LogP contribution is 2.29. The van der Waals surface area contributed by atoms with Crippen molar-refractivity contribution in [2.24, 2.45) is 0 Å². The number of hydrogen-bond donors (Lipinski definition) is 0. The van der Waals surface area contributed by atoms with Gasteiger partial charge in [0, 0.05) is 36.9 Å². The summed E-state index contributed by atoms with van der Waals surface area (Å²) in [4.78, 5) is 2.61. The monoisotopic (exact) mass is 392 g/mol. The Kier molecular flexibility index (Phi) is 5.33. The average Bonchev–Trinajstić information content (AvgIpc) is 2.57. The molecule has 1 fully saturated rings. The van der Waals surface area contributed by atoms with Crippen molar-refractivity contribution in [3.63, 3.8) is 0 Å². The van der Waals surface area contributed by atoms with Gasteiger partial charge in [0.1, 0.15) is 0 Å². The van der Waals surface area contributed by atoms with E-state index >= 15 is 0 Å². The molecule has 1 heterocycles. The number of nitrogens with zero attached hydrogens (tertiary/aromatic N) is 2. The third kappa shape index (κ3) is 3.61. The van der Waals surface area contributed by atoms with Crippen LogP contribution in [0.4, 0.5) is 5.69 Å². The summed E-state index contributed by atoms with van der Waals surface area (Å²) < 4.78 is 27.4. The largest absolute Gasteiger partial charge is 0.368 e. The quantitative estimate of drug-likeness (QED) is 0.790. The fraction of sp³-hybridized carbons (Fsp3) is 0.400. The Balaban J connectivity index is 1.79. The standard InChI is InChI=1S/C20H25ClN2O2S/c1-14-11-16(3)20(17(4)12-14)22-7-9-23(10-8-22)26(24,25)18-5-6-19(21)15(2)13-18/h5-6,11-13H,7-10H2,1-4H3. The van der Waals surface area contributed by atoms with E-state index < -0.39 is 10.0 Å². The zero-order valence-corrected chi connectivity index (χ0v) is 17.3. The molecule has 2 aromatic carbocycles. The van der Waals surface area contributed by atoms with Gasteiger partial charge in [-0.3, -0.25) is 0 Å². The van der Waals surface area contributed by atoms with Crippen molar-refractivity contribution in [1.29, 1.82) is 0 Å². The van der Waals surface area contributed by atoms with E-state index in [0.717, 1.165) is 5.56 Å². The van der Waals surface area contributed by atoms with E-state index in [0.29, 0.717) is 36.1 Å². The number of rotatable bonds is 3. The molecule has 6 heteroatoms. The Labute approximate surface area is 161 Å². The van der Waals surface area contributed by atoms with Crippen LogP contribution in [0.2, 0.25) is 5.02 Å². The summed E-state index contributed by atoms with van der Waals surface area (Å²) in [6, 6.07) is 9.26. The number of halogens is 1. The maximum absolute atomic E-state index is 12.9. The molecule has 1 aliphatic heterocycles. The fourth-order valence-electron chi connectivity index (χ4n) is 3.75. The summed E-state index contributed by atoms with van der Waals surface area (Å²) in [6.45, 7) is 10.5. The molecule has 140 valence electrons. The van der Waals surface area contributed by atoms with Crippen LogP contribution in [0.5, 0.6) is 0 Å². The maximum Gasteiger partial charge on any atom is 0.243 e. The molecule has 2 aromatic rings. The lowest BCUT2D eigenvalue weighted by molar-refractivity contribution is 0.384. The van der Waals surface area contributed by atoms with Crippen LogP contribution in [-0.2, 0) is 10.0 Å². The van der Waals surface area contributed by atoms with Gasteiger partial charge in [0.05, 0.1) is 4.90 Å². The van der Waals surface area contributed by atoms with Gasteiger partial charge >= 0.3 is 0 Å². The summed E-state index contributed by atoms with van der Waals surface area (Å²) in [6.07, 6.45) is 0. The molecular formula is C20H25ClN2O2S. The van der Waals surface area contributed by atoms with Gasteiger partial charge < -0.3 is 4.90 Å². The van der Waals surface area contributed by atoms with Gasteiger partial charge in [-0.25, -0.2) is 8.42 Å². The Bertz CT molecular complexity index is 910. The molecule has 3 rings (SSSR count). The number of anilines is 1. The second-order valence-corrected chi connectivity index (χ2v) is 9.39. The van der Waals surface area contributed by atoms with Crippen molar-refractivity contribution in [3.8, 4) is 0 Å². The highest BCUT2D eigenvalue weighted by molar-refractivity contribution is 7.89. The molecule has 0 N–H and O–H groups in total. The topological polar surface area (TPSA) is 40.6 Å². The van der Waals surface area contributed by atoms with Crippen LogP contribution in [0.15, 0.2) is 35.2 Å². The minimum Gasteiger partial charge on any atom is -0.368 e. The van der Waals surface area contributed by atoms with Crippen molar-refractivity contribution in [3.05, 3.63) is 57.6 Å². The lowest BCUT2D eigenvalue weighted by Gasteiger charge is -2.37. The van der Waals surface area contributed by atoms with Crippen LogP contribution in [0.3, 0.4) is 0 Å². The summed E-state index contributed by atoms with van der Waals surface area (Å²) in [5.74, 6) is 0. The molecule has 0 radical (unpaired) electrons. The number of hydrogen-bond acceptors (Lipinski definition) is 3. The SMILES string of the molecule is Cc1cc(C)c(N2CCN(S(=O)(=O)c3ccc(Cl)c(C)c3)CC2)c(C)c1. The molecule has 26 heavy (non-hydrogen) atoms. The van der Waals surface area contributed by atoms with Gasteiger partial charge in [0.25, 0.3) is 0 Å². The predicted octanol–water partition coefficient (Wildman–Crippen LogP) is 4.08. The minimum absolute atomic E-state index is 0.315. The zero-order valence-electron chi connectivity index (χ0n) is 15.7. The van der Waals surface area contributed by atoms with Crippen LogP contribution in [-0.4, -0.2) is 38.9 Å². The van der Waals surface area contributed by atoms with Crippen LogP contribution in [0.1, 0.15) is 22.3 Å². The van der Waals surface area contributed by atoms with Crippen LogP contribution in [0.25, 0.3) is 0 Å². The third-order valence-electron chi connectivity index (χ3n) is 4.96. The Hall–Kier alpha value is -1.56. The molecule has 0 amide bonds. The van der Waals surface area contributed by atoms with Crippen molar-refractivity contribution in [2.75, 3.05) is 31.1 Å². The second kappa shape index (κ2) is 7.22. The van der Waals surface area contributed by atoms with E-state index in [1.807, 2.05) is 6.92 Å². The van der Waals surface area contributed by atoms with Gasteiger partial charge in [0.2, 0.25) is 10.0 Å².